The minimum absolute atomic E-state index is 0.000819. The summed E-state index contributed by atoms with van der Waals surface area (Å²) in [5, 5.41) is 0.111. The molecule has 26 heavy (non-hydrogen) atoms. The van der Waals surface area contributed by atoms with Crippen LogP contribution in [0.15, 0.2) is 41.8 Å². The number of sulfone groups is 1. The highest BCUT2D eigenvalue weighted by Gasteiger charge is 2.45. The molecule has 2 rings (SSSR count). The van der Waals surface area contributed by atoms with Gasteiger partial charge in [-0.15, -0.1) is 6.58 Å². The molecule has 3 atom stereocenters. The molecule has 1 aromatic rings. The first kappa shape index (κ1) is 21.4. The van der Waals surface area contributed by atoms with Crippen molar-refractivity contribution < 1.29 is 12.8 Å². The maximum absolute atomic E-state index is 13.0. The van der Waals surface area contributed by atoms with E-state index in [9.17, 15) is 8.42 Å². The van der Waals surface area contributed by atoms with Gasteiger partial charge in [0, 0.05) is 12.0 Å². The van der Waals surface area contributed by atoms with E-state index in [0.29, 0.717) is 4.90 Å². The fraction of sp³-hybridized carbons (Fsp3) is 0.619. The molecule has 0 aliphatic heterocycles. The minimum atomic E-state index is -3.34. The second-order valence-corrected chi connectivity index (χ2v) is 15.9. The van der Waals surface area contributed by atoms with Crippen molar-refractivity contribution in [2.75, 3.05) is 5.75 Å². The van der Waals surface area contributed by atoms with Crippen LogP contribution in [0.3, 0.4) is 0 Å². The zero-order valence-electron chi connectivity index (χ0n) is 17.1. The van der Waals surface area contributed by atoms with Gasteiger partial charge in [-0.2, -0.15) is 0 Å². The molecule has 1 aliphatic rings. The third kappa shape index (κ3) is 4.67. The molecular formula is C21H34O3SSi. The Morgan fingerprint density at radius 1 is 1.19 bits per heavy atom. The average Bonchev–Trinajstić information content (AvgIpc) is 2.87. The zero-order chi connectivity index (χ0) is 19.8. The van der Waals surface area contributed by atoms with E-state index in [1.807, 2.05) is 25.1 Å². The molecule has 1 aromatic carbocycles. The summed E-state index contributed by atoms with van der Waals surface area (Å²) in [6, 6.07) is 7.14. The van der Waals surface area contributed by atoms with E-state index in [0.717, 1.165) is 18.4 Å². The first-order valence-electron chi connectivity index (χ1n) is 9.47. The van der Waals surface area contributed by atoms with Gasteiger partial charge in [-0.25, -0.2) is 8.42 Å². The van der Waals surface area contributed by atoms with Gasteiger partial charge < -0.3 is 4.43 Å². The van der Waals surface area contributed by atoms with Gasteiger partial charge in [0.25, 0.3) is 0 Å². The van der Waals surface area contributed by atoms with E-state index in [1.165, 1.54) is 0 Å². The van der Waals surface area contributed by atoms with Crippen LogP contribution in [0.1, 0.15) is 39.2 Å². The molecule has 0 amide bonds. The number of allylic oxidation sites excluding steroid dienone is 1. The summed E-state index contributed by atoms with van der Waals surface area (Å²) in [4.78, 5) is 0.406. The molecule has 0 saturated heterocycles. The average molecular weight is 395 g/mol. The summed E-state index contributed by atoms with van der Waals surface area (Å²) in [5.74, 6) is 0.310. The van der Waals surface area contributed by atoms with E-state index >= 15 is 0 Å². The Labute approximate surface area is 160 Å². The maximum atomic E-state index is 13.0. The monoisotopic (exact) mass is 394 g/mol. The van der Waals surface area contributed by atoms with Crippen LogP contribution in [-0.2, 0) is 14.3 Å². The molecule has 0 N–H and O–H groups in total. The summed E-state index contributed by atoms with van der Waals surface area (Å²) >= 11 is 0. The van der Waals surface area contributed by atoms with Crippen LogP contribution in [0.4, 0.5) is 0 Å². The largest absolute Gasteiger partial charge is 0.414 e. The molecule has 1 aliphatic carbocycles. The van der Waals surface area contributed by atoms with Crippen molar-refractivity contribution >= 4 is 18.2 Å². The van der Waals surface area contributed by atoms with Gasteiger partial charge in [-0.05, 0) is 55.9 Å². The number of aryl methyl sites for hydroxylation is 1. The Kier molecular flexibility index (Phi) is 6.26. The Hall–Kier alpha value is -0.913. The molecular weight excluding hydrogens is 360 g/mol. The second-order valence-electron chi connectivity index (χ2n) is 9.15. The predicted molar refractivity (Wildman–Crippen MR) is 112 cm³/mol. The lowest BCUT2D eigenvalue weighted by Gasteiger charge is -2.40. The van der Waals surface area contributed by atoms with E-state index in [4.69, 9.17) is 4.43 Å². The maximum Gasteiger partial charge on any atom is 0.192 e. The van der Waals surface area contributed by atoms with Crippen LogP contribution in [0.5, 0.6) is 0 Å². The number of hydrogen-bond donors (Lipinski definition) is 0. The molecule has 146 valence electrons. The van der Waals surface area contributed by atoms with Gasteiger partial charge in [-0.1, -0.05) is 44.5 Å². The Balaban J connectivity index is 2.25. The van der Waals surface area contributed by atoms with Crippen molar-refractivity contribution in [1.29, 1.82) is 0 Å². The van der Waals surface area contributed by atoms with Crippen molar-refractivity contribution in [2.24, 2.45) is 11.8 Å². The van der Waals surface area contributed by atoms with Crippen LogP contribution in [0.25, 0.3) is 0 Å². The van der Waals surface area contributed by atoms with Gasteiger partial charge in [0.1, 0.15) is 0 Å². The fourth-order valence-electron chi connectivity index (χ4n) is 3.38. The Bertz CT molecular complexity index is 730. The van der Waals surface area contributed by atoms with Crippen molar-refractivity contribution in [1.82, 2.24) is 0 Å². The summed E-state index contributed by atoms with van der Waals surface area (Å²) < 4.78 is 32.6. The standard InChI is InChI=1S/C21H34O3SSi/c1-8-17-11-14-20(24-26(6,7)21(3,4)5)19(17)15-25(22,23)18-12-9-16(2)10-13-18/h8-10,12-13,17,19-20H,1,11,14-15H2,2-7H3/t17-,19-,20+/m1/s1. The van der Waals surface area contributed by atoms with Crippen molar-refractivity contribution in [3.05, 3.63) is 42.5 Å². The molecule has 0 aromatic heterocycles. The normalized spacial score (nSPS) is 24.6. The quantitative estimate of drug-likeness (QED) is 0.481. The summed E-state index contributed by atoms with van der Waals surface area (Å²) in [6.45, 7) is 17.0. The SMILES string of the molecule is C=C[C@@H]1CC[C@H](O[Si](C)(C)C(C)(C)C)[C@@H]1CS(=O)(=O)c1ccc(C)cc1. The van der Waals surface area contributed by atoms with Crippen molar-refractivity contribution in [3.8, 4) is 0 Å². The first-order chi connectivity index (χ1) is 11.9. The van der Waals surface area contributed by atoms with Gasteiger partial charge in [-0.3, -0.25) is 0 Å². The third-order valence-electron chi connectivity index (χ3n) is 6.16. The number of hydrogen-bond acceptors (Lipinski definition) is 3. The highest BCUT2D eigenvalue weighted by molar-refractivity contribution is 7.91. The Morgan fingerprint density at radius 2 is 1.77 bits per heavy atom. The van der Waals surface area contributed by atoms with Crippen LogP contribution in [0.2, 0.25) is 18.1 Å². The predicted octanol–water partition coefficient (Wildman–Crippen LogP) is 5.37. The summed E-state index contributed by atoms with van der Waals surface area (Å²) in [6.07, 6.45) is 3.79. The smallest absolute Gasteiger partial charge is 0.192 e. The molecule has 3 nitrogen and oxygen atoms in total. The number of benzene rings is 1. The molecule has 1 fully saturated rings. The zero-order valence-corrected chi connectivity index (χ0v) is 18.9. The first-order valence-corrected chi connectivity index (χ1v) is 14.0. The van der Waals surface area contributed by atoms with E-state index < -0.39 is 18.2 Å². The molecule has 0 bridgehead atoms. The van der Waals surface area contributed by atoms with E-state index in [1.54, 1.807) is 12.1 Å². The fourth-order valence-corrected chi connectivity index (χ4v) is 6.50. The van der Waals surface area contributed by atoms with Gasteiger partial charge in [0.2, 0.25) is 0 Å². The van der Waals surface area contributed by atoms with E-state index in [-0.39, 0.29) is 28.7 Å². The van der Waals surface area contributed by atoms with Gasteiger partial charge in [0.05, 0.1) is 10.6 Å². The van der Waals surface area contributed by atoms with Gasteiger partial charge in [0.15, 0.2) is 18.2 Å². The van der Waals surface area contributed by atoms with Crippen LogP contribution >= 0.6 is 0 Å². The highest BCUT2D eigenvalue weighted by Crippen LogP contribution is 2.43. The van der Waals surface area contributed by atoms with Crippen molar-refractivity contribution in [3.63, 3.8) is 0 Å². The molecule has 1 saturated carbocycles. The van der Waals surface area contributed by atoms with Gasteiger partial charge >= 0.3 is 0 Å². The minimum Gasteiger partial charge on any atom is -0.414 e. The lowest BCUT2D eigenvalue weighted by atomic mass is 9.97. The van der Waals surface area contributed by atoms with Crippen LogP contribution in [0, 0.1) is 18.8 Å². The third-order valence-corrected chi connectivity index (χ3v) is 12.5. The van der Waals surface area contributed by atoms with E-state index in [2.05, 4.69) is 40.4 Å². The lowest BCUT2D eigenvalue weighted by molar-refractivity contribution is 0.142. The second kappa shape index (κ2) is 7.61. The Morgan fingerprint density at radius 3 is 2.27 bits per heavy atom. The summed E-state index contributed by atoms with van der Waals surface area (Å²) in [7, 11) is -5.29. The lowest BCUT2D eigenvalue weighted by Crippen LogP contribution is -2.46. The summed E-state index contributed by atoms with van der Waals surface area (Å²) in [5.41, 5.74) is 1.06. The van der Waals surface area contributed by atoms with Crippen molar-refractivity contribution in [2.45, 2.75) is 69.7 Å². The molecule has 0 spiro atoms. The topological polar surface area (TPSA) is 43.4 Å². The van der Waals surface area contributed by atoms with Crippen LogP contribution < -0.4 is 0 Å². The molecule has 0 radical (unpaired) electrons. The highest BCUT2D eigenvalue weighted by atomic mass is 32.2. The van der Waals surface area contributed by atoms with Crippen LogP contribution in [-0.4, -0.2) is 28.6 Å². The molecule has 0 heterocycles. The molecule has 5 heteroatoms. The molecule has 0 unspecified atom stereocenters. The number of rotatable bonds is 6.